The molecule has 1 aliphatic carbocycles. The third kappa shape index (κ3) is 2.82. The molecule has 1 aliphatic heterocycles. The van der Waals surface area contributed by atoms with Gasteiger partial charge in [-0.3, -0.25) is 4.79 Å². The number of hydrogen-bond donors (Lipinski definition) is 0. The standard InChI is InChI=1S/C20H21N3O2/c21-14-15-6-4-7-16(12-15)17-13-18(25-22-17)19(24)23-11-5-10-20(23)8-2-1-3-9-20/h4,6-7,12-13H,1-3,5,8-11H2. The van der Waals surface area contributed by atoms with Gasteiger partial charge in [-0.2, -0.15) is 5.26 Å². The Balaban J connectivity index is 1.59. The summed E-state index contributed by atoms with van der Waals surface area (Å²) in [6, 6.07) is 11.0. The smallest absolute Gasteiger partial charge is 0.292 e. The number of likely N-dealkylation sites (tertiary alicyclic amines) is 1. The van der Waals surface area contributed by atoms with Crippen LogP contribution in [0.3, 0.4) is 0 Å². The third-order valence-corrected chi connectivity index (χ3v) is 5.63. The van der Waals surface area contributed by atoms with E-state index in [2.05, 4.69) is 11.2 Å². The first-order valence-electron chi connectivity index (χ1n) is 9.01. The first-order valence-corrected chi connectivity index (χ1v) is 9.01. The first kappa shape index (κ1) is 15.9. The maximum atomic E-state index is 13.0. The van der Waals surface area contributed by atoms with Crippen molar-refractivity contribution in [3.05, 3.63) is 41.7 Å². The van der Waals surface area contributed by atoms with Crippen molar-refractivity contribution < 1.29 is 9.32 Å². The minimum atomic E-state index is -0.0467. The van der Waals surface area contributed by atoms with Gasteiger partial charge in [0, 0.05) is 23.7 Å². The van der Waals surface area contributed by atoms with Crippen LogP contribution in [0.2, 0.25) is 0 Å². The summed E-state index contributed by atoms with van der Waals surface area (Å²) in [4.78, 5) is 15.1. The number of amides is 1. The van der Waals surface area contributed by atoms with E-state index in [-0.39, 0.29) is 11.4 Å². The van der Waals surface area contributed by atoms with Gasteiger partial charge in [0.1, 0.15) is 5.69 Å². The molecule has 2 aliphatic rings. The topological polar surface area (TPSA) is 70.1 Å². The van der Waals surface area contributed by atoms with E-state index in [9.17, 15) is 4.79 Å². The number of rotatable bonds is 2. The lowest BCUT2D eigenvalue weighted by atomic mass is 9.79. The third-order valence-electron chi connectivity index (χ3n) is 5.63. The summed E-state index contributed by atoms with van der Waals surface area (Å²) in [6.45, 7) is 0.804. The molecule has 1 saturated heterocycles. The zero-order valence-corrected chi connectivity index (χ0v) is 14.2. The molecule has 0 atom stereocenters. The lowest BCUT2D eigenvalue weighted by Gasteiger charge is -2.41. The normalized spacial score (nSPS) is 19.1. The second-order valence-corrected chi connectivity index (χ2v) is 7.11. The summed E-state index contributed by atoms with van der Waals surface area (Å²) in [6.07, 6.45) is 8.04. The van der Waals surface area contributed by atoms with Gasteiger partial charge < -0.3 is 9.42 Å². The van der Waals surface area contributed by atoms with E-state index >= 15 is 0 Å². The van der Waals surface area contributed by atoms with Crippen molar-refractivity contribution in [2.24, 2.45) is 0 Å². The summed E-state index contributed by atoms with van der Waals surface area (Å²) in [7, 11) is 0. The molecular formula is C20H21N3O2. The van der Waals surface area contributed by atoms with E-state index in [1.54, 1.807) is 18.2 Å². The van der Waals surface area contributed by atoms with Crippen molar-refractivity contribution in [3.63, 3.8) is 0 Å². The summed E-state index contributed by atoms with van der Waals surface area (Å²) < 4.78 is 5.38. The first-order chi connectivity index (χ1) is 12.2. The van der Waals surface area contributed by atoms with Crippen molar-refractivity contribution in [2.75, 3.05) is 6.54 Å². The van der Waals surface area contributed by atoms with Crippen LogP contribution in [0.5, 0.6) is 0 Å². The lowest BCUT2D eigenvalue weighted by molar-refractivity contribution is 0.0460. The predicted octanol–water partition coefficient (Wildman–Crippen LogP) is 4.15. The molecule has 25 heavy (non-hydrogen) atoms. The average molecular weight is 335 g/mol. The summed E-state index contributed by atoms with van der Waals surface area (Å²) in [5.74, 6) is 0.249. The van der Waals surface area contributed by atoms with Gasteiger partial charge in [0.15, 0.2) is 0 Å². The fraction of sp³-hybridized carbons (Fsp3) is 0.450. The molecule has 2 fully saturated rings. The SMILES string of the molecule is N#Cc1cccc(-c2cc(C(=O)N3CCCC34CCCCC4)on2)c1. The highest BCUT2D eigenvalue weighted by atomic mass is 16.5. The fourth-order valence-corrected chi connectivity index (χ4v) is 4.38. The van der Waals surface area contributed by atoms with Crippen molar-refractivity contribution in [3.8, 4) is 17.3 Å². The van der Waals surface area contributed by atoms with Gasteiger partial charge in [0.05, 0.1) is 11.6 Å². The monoisotopic (exact) mass is 335 g/mol. The number of carbonyl (C=O) groups is 1. The van der Waals surface area contributed by atoms with E-state index in [4.69, 9.17) is 9.78 Å². The Bertz CT molecular complexity index is 827. The lowest BCUT2D eigenvalue weighted by Crippen LogP contribution is -2.48. The van der Waals surface area contributed by atoms with Crippen LogP contribution in [0, 0.1) is 11.3 Å². The molecule has 1 spiro atoms. The van der Waals surface area contributed by atoms with Gasteiger partial charge in [-0.1, -0.05) is 36.6 Å². The van der Waals surface area contributed by atoms with Crippen LogP contribution in [-0.4, -0.2) is 28.0 Å². The molecule has 0 radical (unpaired) electrons. The highest BCUT2D eigenvalue weighted by molar-refractivity contribution is 5.93. The summed E-state index contributed by atoms with van der Waals surface area (Å²) in [5, 5.41) is 13.1. The predicted molar refractivity (Wildman–Crippen MR) is 92.7 cm³/mol. The Hall–Kier alpha value is -2.61. The van der Waals surface area contributed by atoms with Gasteiger partial charge in [-0.25, -0.2) is 0 Å². The zero-order chi connectivity index (χ0) is 17.3. The molecule has 5 nitrogen and oxygen atoms in total. The summed E-state index contributed by atoms with van der Waals surface area (Å²) in [5.41, 5.74) is 1.98. The molecule has 2 heterocycles. The zero-order valence-electron chi connectivity index (χ0n) is 14.2. The maximum Gasteiger partial charge on any atom is 0.292 e. The van der Waals surface area contributed by atoms with Crippen LogP contribution in [0.15, 0.2) is 34.9 Å². The highest BCUT2D eigenvalue weighted by Gasteiger charge is 2.44. The molecule has 2 aromatic rings. The second-order valence-electron chi connectivity index (χ2n) is 7.11. The van der Waals surface area contributed by atoms with Crippen LogP contribution in [0.25, 0.3) is 11.3 Å². The molecule has 4 rings (SSSR count). The Morgan fingerprint density at radius 2 is 1.96 bits per heavy atom. The number of nitriles is 1. The van der Waals surface area contributed by atoms with Crippen molar-refractivity contribution in [1.82, 2.24) is 10.1 Å². The van der Waals surface area contributed by atoms with E-state index < -0.39 is 0 Å². The number of aromatic nitrogens is 1. The van der Waals surface area contributed by atoms with Gasteiger partial charge in [0.2, 0.25) is 5.76 Å². The molecule has 5 heteroatoms. The Morgan fingerprint density at radius 3 is 2.76 bits per heavy atom. The number of nitrogens with zero attached hydrogens (tertiary/aromatic N) is 3. The number of benzene rings is 1. The van der Waals surface area contributed by atoms with Gasteiger partial charge in [-0.15, -0.1) is 0 Å². The van der Waals surface area contributed by atoms with Crippen LogP contribution < -0.4 is 0 Å². The van der Waals surface area contributed by atoms with Crippen molar-refractivity contribution in [1.29, 1.82) is 5.26 Å². The average Bonchev–Trinajstić information content (AvgIpc) is 3.30. The van der Waals surface area contributed by atoms with E-state index in [0.29, 0.717) is 17.0 Å². The molecule has 128 valence electrons. The minimum Gasteiger partial charge on any atom is -0.350 e. The second kappa shape index (κ2) is 6.36. The molecule has 1 aromatic heterocycles. The molecule has 1 amide bonds. The molecule has 1 aromatic carbocycles. The molecule has 1 saturated carbocycles. The van der Waals surface area contributed by atoms with Crippen molar-refractivity contribution >= 4 is 5.91 Å². The minimum absolute atomic E-state index is 0.0308. The van der Waals surface area contributed by atoms with Gasteiger partial charge >= 0.3 is 0 Å². The molecule has 0 unspecified atom stereocenters. The highest BCUT2D eigenvalue weighted by Crippen LogP contribution is 2.42. The summed E-state index contributed by atoms with van der Waals surface area (Å²) >= 11 is 0. The van der Waals surface area contributed by atoms with E-state index in [1.807, 2.05) is 17.0 Å². The van der Waals surface area contributed by atoms with Crippen LogP contribution in [-0.2, 0) is 0 Å². The van der Waals surface area contributed by atoms with Gasteiger partial charge in [0.25, 0.3) is 5.91 Å². The van der Waals surface area contributed by atoms with Crippen LogP contribution >= 0.6 is 0 Å². The van der Waals surface area contributed by atoms with Crippen molar-refractivity contribution in [2.45, 2.75) is 50.5 Å². The molecule has 0 N–H and O–H groups in total. The van der Waals surface area contributed by atoms with E-state index in [1.165, 1.54) is 19.3 Å². The van der Waals surface area contributed by atoms with Crippen LogP contribution in [0.1, 0.15) is 61.1 Å². The molecule has 0 bridgehead atoms. The maximum absolute atomic E-state index is 13.0. The van der Waals surface area contributed by atoms with Crippen LogP contribution in [0.4, 0.5) is 0 Å². The number of carbonyl (C=O) groups excluding carboxylic acids is 1. The fourth-order valence-electron chi connectivity index (χ4n) is 4.38. The Kier molecular flexibility index (Phi) is 4.04. The Labute approximate surface area is 147 Å². The number of hydrogen-bond acceptors (Lipinski definition) is 4. The van der Waals surface area contributed by atoms with Gasteiger partial charge in [-0.05, 0) is 37.8 Å². The quantitative estimate of drug-likeness (QED) is 0.826. The van der Waals surface area contributed by atoms with E-state index in [0.717, 1.165) is 37.8 Å². The Morgan fingerprint density at radius 1 is 1.16 bits per heavy atom. The molecular weight excluding hydrogens is 314 g/mol. The largest absolute Gasteiger partial charge is 0.350 e.